The number of allylic oxidation sites excluding steroid dienone is 1. The van der Waals surface area contributed by atoms with E-state index in [1.54, 1.807) is 14.0 Å². The number of halogens is 1. The molecule has 0 saturated carbocycles. The summed E-state index contributed by atoms with van der Waals surface area (Å²) in [6.45, 7) is 9.59. The lowest BCUT2D eigenvalue weighted by Crippen LogP contribution is -2.40. The summed E-state index contributed by atoms with van der Waals surface area (Å²) in [6.07, 6.45) is -0.323. The van der Waals surface area contributed by atoms with Crippen LogP contribution in [0.4, 0.5) is 0 Å². The highest BCUT2D eigenvalue weighted by atomic mass is 35.5. The van der Waals surface area contributed by atoms with Gasteiger partial charge in [-0.15, -0.1) is 11.6 Å². The van der Waals surface area contributed by atoms with Crippen LogP contribution in [0.3, 0.4) is 0 Å². The zero-order valence-electron chi connectivity index (χ0n) is 9.21. The fourth-order valence-electron chi connectivity index (χ4n) is 1.04. The van der Waals surface area contributed by atoms with E-state index in [-0.39, 0.29) is 23.9 Å². The Kier molecular flexibility index (Phi) is 5.81. The van der Waals surface area contributed by atoms with Gasteiger partial charge in [0.1, 0.15) is 12.1 Å². The van der Waals surface area contributed by atoms with Crippen molar-refractivity contribution < 1.29 is 9.53 Å². The number of ether oxygens (including phenoxy) is 1. The summed E-state index contributed by atoms with van der Waals surface area (Å²) < 4.78 is 5.09. The Bertz CT molecular complexity index is 216. The molecule has 0 bridgehead atoms. The van der Waals surface area contributed by atoms with Crippen molar-refractivity contribution in [3.63, 3.8) is 0 Å². The normalized spacial score (nSPS) is 12.7. The molecule has 0 aromatic heterocycles. The van der Waals surface area contributed by atoms with E-state index in [9.17, 15) is 4.79 Å². The van der Waals surface area contributed by atoms with Crippen molar-refractivity contribution in [1.29, 1.82) is 0 Å². The monoisotopic (exact) mass is 219 g/mol. The first-order valence-electron chi connectivity index (χ1n) is 4.55. The SMILES string of the molecule is C=C(C(C)C)N(C(=O)CCl)C(C)OC. The fraction of sp³-hybridized carbons (Fsp3) is 0.700. The molecule has 0 heterocycles. The molecule has 0 rings (SSSR count). The van der Waals surface area contributed by atoms with Crippen molar-refractivity contribution in [2.24, 2.45) is 5.92 Å². The smallest absolute Gasteiger partial charge is 0.243 e. The Morgan fingerprint density at radius 1 is 1.50 bits per heavy atom. The van der Waals surface area contributed by atoms with Crippen LogP contribution in [0.2, 0.25) is 0 Å². The third-order valence-corrected chi connectivity index (χ3v) is 2.29. The summed E-state index contributed by atoms with van der Waals surface area (Å²) in [5.41, 5.74) is 0.727. The second kappa shape index (κ2) is 6.04. The molecule has 0 radical (unpaired) electrons. The third-order valence-electron chi connectivity index (χ3n) is 2.06. The molecule has 1 unspecified atom stereocenters. The van der Waals surface area contributed by atoms with E-state index in [1.807, 2.05) is 13.8 Å². The highest BCUT2D eigenvalue weighted by Crippen LogP contribution is 2.17. The first-order chi connectivity index (χ1) is 6.45. The van der Waals surface area contributed by atoms with Gasteiger partial charge in [0.2, 0.25) is 5.91 Å². The van der Waals surface area contributed by atoms with E-state index in [0.717, 1.165) is 5.70 Å². The van der Waals surface area contributed by atoms with E-state index in [2.05, 4.69) is 6.58 Å². The first-order valence-corrected chi connectivity index (χ1v) is 5.08. The summed E-state index contributed by atoms with van der Waals surface area (Å²) in [5.74, 6) is -0.0427. The molecule has 82 valence electrons. The molecule has 14 heavy (non-hydrogen) atoms. The van der Waals surface area contributed by atoms with Gasteiger partial charge < -0.3 is 4.74 Å². The number of methoxy groups -OCH3 is 1. The standard InChI is InChI=1S/C10H18ClNO2/c1-7(2)8(3)12(9(4)14-5)10(13)6-11/h7,9H,3,6H2,1-2,4-5H3. The number of carbonyl (C=O) groups is 1. The molecule has 0 spiro atoms. The lowest BCUT2D eigenvalue weighted by atomic mass is 10.1. The number of hydrogen-bond donors (Lipinski definition) is 0. The summed E-state index contributed by atoms with van der Waals surface area (Å²) >= 11 is 5.51. The fourth-order valence-corrected chi connectivity index (χ4v) is 1.17. The molecule has 0 aromatic carbocycles. The summed E-state index contributed by atoms with van der Waals surface area (Å²) in [7, 11) is 1.55. The van der Waals surface area contributed by atoms with E-state index in [1.165, 1.54) is 4.90 Å². The molecule has 0 fully saturated rings. The molecule has 0 aliphatic heterocycles. The Balaban J connectivity index is 4.72. The van der Waals surface area contributed by atoms with Crippen molar-refractivity contribution in [2.45, 2.75) is 27.0 Å². The topological polar surface area (TPSA) is 29.5 Å². The van der Waals surface area contributed by atoms with Crippen LogP contribution in [-0.2, 0) is 9.53 Å². The van der Waals surface area contributed by atoms with Gasteiger partial charge in [-0.25, -0.2) is 0 Å². The van der Waals surface area contributed by atoms with Gasteiger partial charge in [-0.3, -0.25) is 9.69 Å². The quantitative estimate of drug-likeness (QED) is 0.524. The maximum atomic E-state index is 11.5. The molecule has 1 amide bonds. The number of alkyl halides is 1. The second-order valence-electron chi connectivity index (χ2n) is 3.38. The highest BCUT2D eigenvalue weighted by molar-refractivity contribution is 6.27. The number of carbonyl (C=O) groups excluding carboxylic acids is 1. The number of hydrogen-bond acceptors (Lipinski definition) is 2. The van der Waals surface area contributed by atoms with Crippen LogP contribution in [-0.4, -0.2) is 30.0 Å². The largest absolute Gasteiger partial charge is 0.361 e. The van der Waals surface area contributed by atoms with E-state index < -0.39 is 0 Å². The molecule has 0 aliphatic rings. The zero-order chi connectivity index (χ0) is 11.3. The minimum Gasteiger partial charge on any atom is -0.361 e. The van der Waals surface area contributed by atoms with Crippen LogP contribution in [0.1, 0.15) is 20.8 Å². The minimum atomic E-state index is -0.323. The minimum absolute atomic E-state index is 0.0561. The van der Waals surface area contributed by atoms with Gasteiger partial charge in [0.25, 0.3) is 0 Å². The predicted molar refractivity (Wildman–Crippen MR) is 58.0 cm³/mol. The van der Waals surface area contributed by atoms with Crippen molar-refractivity contribution in [1.82, 2.24) is 4.90 Å². The summed E-state index contributed by atoms with van der Waals surface area (Å²) in [5, 5.41) is 0. The zero-order valence-corrected chi connectivity index (χ0v) is 9.97. The van der Waals surface area contributed by atoms with E-state index in [0.29, 0.717) is 0 Å². The molecule has 0 aliphatic carbocycles. The van der Waals surface area contributed by atoms with Crippen molar-refractivity contribution in [3.05, 3.63) is 12.3 Å². The highest BCUT2D eigenvalue weighted by Gasteiger charge is 2.23. The van der Waals surface area contributed by atoms with E-state index >= 15 is 0 Å². The van der Waals surface area contributed by atoms with E-state index in [4.69, 9.17) is 16.3 Å². The average molecular weight is 220 g/mol. The summed E-state index contributed by atoms with van der Waals surface area (Å²) in [4.78, 5) is 13.0. The molecule has 0 saturated heterocycles. The predicted octanol–water partition coefficient (Wildman–Crippen LogP) is 2.22. The molecule has 1 atom stereocenters. The molecule has 0 aromatic rings. The van der Waals surface area contributed by atoms with Gasteiger partial charge >= 0.3 is 0 Å². The molecule has 4 heteroatoms. The van der Waals surface area contributed by atoms with Crippen LogP contribution in [0.25, 0.3) is 0 Å². The van der Waals surface area contributed by atoms with Crippen molar-refractivity contribution in [3.8, 4) is 0 Å². The Morgan fingerprint density at radius 3 is 2.29 bits per heavy atom. The van der Waals surface area contributed by atoms with Crippen LogP contribution < -0.4 is 0 Å². The lowest BCUT2D eigenvalue weighted by Gasteiger charge is -2.31. The third kappa shape index (κ3) is 3.31. The molecular weight excluding hydrogens is 202 g/mol. The Morgan fingerprint density at radius 2 is 2.00 bits per heavy atom. The lowest BCUT2D eigenvalue weighted by molar-refractivity contribution is -0.136. The maximum absolute atomic E-state index is 11.5. The molecule has 0 N–H and O–H groups in total. The Hall–Kier alpha value is -0.540. The van der Waals surface area contributed by atoms with Crippen molar-refractivity contribution >= 4 is 17.5 Å². The van der Waals surface area contributed by atoms with Crippen LogP contribution >= 0.6 is 11.6 Å². The average Bonchev–Trinajstić information content (AvgIpc) is 2.16. The van der Waals surface area contributed by atoms with Gasteiger partial charge in [-0.05, 0) is 12.8 Å². The summed E-state index contributed by atoms with van der Waals surface area (Å²) in [6, 6.07) is 0. The second-order valence-corrected chi connectivity index (χ2v) is 3.65. The van der Waals surface area contributed by atoms with Gasteiger partial charge in [0.05, 0.1) is 0 Å². The first kappa shape index (κ1) is 13.5. The van der Waals surface area contributed by atoms with Crippen LogP contribution in [0.5, 0.6) is 0 Å². The molecule has 3 nitrogen and oxygen atoms in total. The van der Waals surface area contributed by atoms with Crippen LogP contribution in [0.15, 0.2) is 12.3 Å². The van der Waals surface area contributed by atoms with Crippen LogP contribution in [0, 0.1) is 5.92 Å². The van der Waals surface area contributed by atoms with Gasteiger partial charge in [0, 0.05) is 12.8 Å². The van der Waals surface area contributed by atoms with Crippen molar-refractivity contribution in [2.75, 3.05) is 13.0 Å². The number of rotatable bonds is 5. The van der Waals surface area contributed by atoms with Gasteiger partial charge in [-0.2, -0.15) is 0 Å². The van der Waals surface area contributed by atoms with Gasteiger partial charge in [-0.1, -0.05) is 20.4 Å². The number of nitrogens with zero attached hydrogens (tertiary/aromatic N) is 1. The maximum Gasteiger partial charge on any atom is 0.243 e. The number of amides is 1. The molecular formula is C10H18ClNO2. The van der Waals surface area contributed by atoms with Gasteiger partial charge in [0.15, 0.2) is 0 Å². The Labute approximate surface area is 90.7 Å².